The molecule has 2 rings (SSSR count). The van der Waals surface area contributed by atoms with Gasteiger partial charge in [-0.05, 0) is 37.1 Å². The van der Waals surface area contributed by atoms with Crippen LogP contribution in [0.5, 0.6) is 0 Å². The minimum absolute atomic E-state index is 0.127. The fourth-order valence-electron chi connectivity index (χ4n) is 2.50. The van der Waals surface area contributed by atoms with Gasteiger partial charge in [-0.2, -0.15) is 0 Å². The Morgan fingerprint density at radius 1 is 1.07 bits per heavy atom. The topological polar surface area (TPSA) is 66.5 Å². The van der Waals surface area contributed by atoms with Crippen molar-refractivity contribution in [3.05, 3.63) is 63.6 Å². The monoisotopic (exact) mass is 428 g/mol. The van der Waals surface area contributed by atoms with Crippen LogP contribution in [-0.2, 0) is 21.4 Å². The molecule has 1 N–H and O–H groups in total. The Balaban J connectivity index is 1.90. The average molecular weight is 429 g/mol. The van der Waals surface area contributed by atoms with Gasteiger partial charge in [0.05, 0.1) is 22.0 Å². The zero-order valence-electron chi connectivity index (χ0n) is 15.2. The fraction of sp³-hybridized carbons (Fsp3) is 0.316. The second-order valence-corrected chi connectivity index (χ2v) is 9.02. The van der Waals surface area contributed by atoms with Gasteiger partial charge in [0.15, 0.2) is 0 Å². The number of carbonyl (C=O) groups is 1. The number of sulfonamides is 1. The van der Waals surface area contributed by atoms with Gasteiger partial charge in [0.2, 0.25) is 15.9 Å². The van der Waals surface area contributed by atoms with Crippen LogP contribution >= 0.6 is 23.2 Å². The highest BCUT2D eigenvalue weighted by Gasteiger charge is 2.18. The maximum atomic E-state index is 12.1. The van der Waals surface area contributed by atoms with E-state index in [1.54, 1.807) is 12.1 Å². The van der Waals surface area contributed by atoms with Crippen molar-refractivity contribution >= 4 is 44.8 Å². The Kier molecular flexibility index (Phi) is 7.53. The van der Waals surface area contributed by atoms with Crippen LogP contribution in [0.25, 0.3) is 0 Å². The highest BCUT2D eigenvalue weighted by Crippen LogP contribution is 2.28. The molecule has 5 nitrogen and oxygen atoms in total. The summed E-state index contributed by atoms with van der Waals surface area (Å²) in [5.41, 5.74) is 2.60. The zero-order valence-corrected chi connectivity index (χ0v) is 17.5. The molecule has 2 aromatic carbocycles. The SMILES string of the molecule is Cc1ccc(CNC(=O)CCCN(c2ccc(Cl)c(Cl)c2)S(C)(=O)=O)cc1. The molecule has 0 saturated heterocycles. The summed E-state index contributed by atoms with van der Waals surface area (Å²) in [6, 6.07) is 12.5. The van der Waals surface area contributed by atoms with E-state index in [1.807, 2.05) is 31.2 Å². The smallest absolute Gasteiger partial charge is 0.232 e. The third-order valence-electron chi connectivity index (χ3n) is 3.97. The molecule has 146 valence electrons. The molecule has 0 atom stereocenters. The van der Waals surface area contributed by atoms with Gasteiger partial charge < -0.3 is 5.32 Å². The number of anilines is 1. The van der Waals surface area contributed by atoms with Crippen molar-refractivity contribution in [3.8, 4) is 0 Å². The standard InChI is InChI=1S/C19H22Cl2N2O3S/c1-14-5-7-15(8-6-14)13-22-19(24)4-3-11-23(27(2,25)26)16-9-10-17(20)18(21)12-16/h5-10,12H,3-4,11,13H2,1-2H3,(H,22,24). The van der Waals surface area contributed by atoms with Crippen molar-refractivity contribution in [1.29, 1.82) is 0 Å². The van der Waals surface area contributed by atoms with Crippen LogP contribution in [0.15, 0.2) is 42.5 Å². The molecule has 2 aromatic rings. The van der Waals surface area contributed by atoms with E-state index in [9.17, 15) is 13.2 Å². The van der Waals surface area contributed by atoms with Gasteiger partial charge in [0, 0.05) is 19.5 Å². The van der Waals surface area contributed by atoms with E-state index in [1.165, 1.54) is 10.4 Å². The van der Waals surface area contributed by atoms with Crippen molar-refractivity contribution in [3.63, 3.8) is 0 Å². The van der Waals surface area contributed by atoms with E-state index >= 15 is 0 Å². The highest BCUT2D eigenvalue weighted by atomic mass is 35.5. The summed E-state index contributed by atoms with van der Waals surface area (Å²) in [4.78, 5) is 12.0. The van der Waals surface area contributed by atoms with Gasteiger partial charge in [-0.15, -0.1) is 0 Å². The van der Waals surface area contributed by atoms with Gasteiger partial charge in [0.25, 0.3) is 0 Å². The van der Waals surface area contributed by atoms with Gasteiger partial charge in [-0.1, -0.05) is 53.0 Å². The molecule has 0 aliphatic carbocycles. The Bertz CT molecular complexity index is 900. The summed E-state index contributed by atoms with van der Waals surface area (Å²) in [5.74, 6) is -0.127. The molecule has 8 heteroatoms. The fourth-order valence-corrected chi connectivity index (χ4v) is 3.75. The number of hydrogen-bond acceptors (Lipinski definition) is 3. The lowest BCUT2D eigenvalue weighted by Gasteiger charge is -2.22. The van der Waals surface area contributed by atoms with Crippen molar-refractivity contribution in [2.24, 2.45) is 0 Å². The summed E-state index contributed by atoms with van der Waals surface area (Å²) in [5, 5.41) is 3.47. The number of amides is 1. The molecule has 1 amide bonds. The number of carbonyl (C=O) groups excluding carboxylic acids is 1. The molecule has 0 bridgehead atoms. The quantitative estimate of drug-likeness (QED) is 0.685. The van der Waals surface area contributed by atoms with Crippen LogP contribution in [0.4, 0.5) is 5.69 Å². The molecule has 0 aliphatic heterocycles. The van der Waals surface area contributed by atoms with Crippen molar-refractivity contribution < 1.29 is 13.2 Å². The van der Waals surface area contributed by atoms with E-state index in [-0.39, 0.29) is 23.9 Å². The summed E-state index contributed by atoms with van der Waals surface area (Å²) in [6.07, 6.45) is 1.72. The Morgan fingerprint density at radius 3 is 2.33 bits per heavy atom. The largest absolute Gasteiger partial charge is 0.352 e. The summed E-state index contributed by atoms with van der Waals surface area (Å²) < 4.78 is 25.4. The van der Waals surface area contributed by atoms with Crippen molar-refractivity contribution in [2.45, 2.75) is 26.3 Å². The Morgan fingerprint density at radius 2 is 1.74 bits per heavy atom. The van der Waals surface area contributed by atoms with E-state index in [2.05, 4.69) is 5.32 Å². The van der Waals surface area contributed by atoms with Crippen LogP contribution < -0.4 is 9.62 Å². The van der Waals surface area contributed by atoms with Crippen LogP contribution in [0, 0.1) is 6.92 Å². The van der Waals surface area contributed by atoms with Gasteiger partial charge in [-0.25, -0.2) is 8.42 Å². The van der Waals surface area contributed by atoms with Crippen LogP contribution in [0.3, 0.4) is 0 Å². The lowest BCUT2D eigenvalue weighted by atomic mass is 10.1. The number of benzene rings is 2. The molecule has 0 saturated carbocycles. The minimum atomic E-state index is -3.50. The molecule has 0 heterocycles. The van der Waals surface area contributed by atoms with Crippen molar-refractivity contribution in [1.82, 2.24) is 5.32 Å². The third kappa shape index (κ3) is 6.72. The third-order valence-corrected chi connectivity index (χ3v) is 5.90. The van der Waals surface area contributed by atoms with Crippen molar-refractivity contribution in [2.75, 3.05) is 17.1 Å². The molecule has 0 unspecified atom stereocenters. The summed E-state index contributed by atoms with van der Waals surface area (Å²) >= 11 is 11.9. The minimum Gasteiger partial charge on any atom is -0.352 e. The Hall–Kier alpha value is -1.76. The summed E-state index contributed by atoms with van der Waals surface area (Å²) in [7, 11) is -3.50. The first kappa shape index (κ1) is 21.5. The molecule has 0 fully saturated rings. The average Bonchev–Trinajstić information content (AvgIpc) is 2.60. The van der Waals surface area contributed by atoms with Crippen LogP contribution in [0.1, 0.15) is 24.0 Å². The number of rotatable bonds is 8. The number of hydrogen-bond donors (Lipinski definition) is 1. The first-order valence-corrected chi connectivity index (χ1v) is 11.0. The number of nitrogens with zero attached hydrogens (tertiary/aromatic N) is 1. The molecular weight excluding hydrogens is 407 g/mol. The molecule has 0 spiro atoms. The predicted molar refractivity (Wildman–Crippen MR) is 111 cm³/mol. The number of nitrogens with one attached hydrogen (secondary N) is 1. The van der Waals surface area contributed by atoms with E-state index in [0.717, 1.165) is 17.4 Å². The maximum Gasteiger partial charge on any atom is 0.232 e. The maximum absolute atomic E-state index is 12.1. The Labute approximate surface area is 170 Å². The first-order chi connectivity index (χ1) is 12.7. The molecule has 0 aliphatic rings. The van der Waals surface area contributed by atoms with Gasteiger partial charge in [-0.3, -0.25) is 9.10 Å². The van der Waals surface area contributed by atoms with Gasteiger partial charge >= 0.3 is 0 Å². The molecule has 0 aromatic heterocycles. The van der Waals surface area contributed by atoms with E-state index < -0.39 is 10.0 Å². The molecule has 27 heavy (non-hydrogen) atoms. The van der Waals surface area contributed by atoms with Crippen LogP contribution in [-0.4, -0.2) is 27.1 Å². The highest BCUT2D eigenvalue weighted by molar-refractivity contribution is 7.92. The first-order valence-electron chi connectivity index (χ1n) is 8.42. The zero-order chi connectivity index (χ0) is 20.0. The summed E-state index contributed by atoms with van der Waals surface area (Å²) in [6.45, 7) is 2.63. The van der Waals surface area contributed by atoms with E-state index in [4.69, 9.17) is 23.2 Å². The predicted octanol–water partition coefficient (Wildman–Crippen LogP) is 4.16. The second kappa shape index (κ2) is 9.44. The van der Waals surface area contributed by atoms with Gasteiger partial charge in [0.1, 0.15) is 0 Å². The normalized spacial score (nSPS) is 11.3. The number of aryl methyl sites for hydroxylation is 1. The van der Waals surface area contributed by atoms with E-state index in [0.29, 0.717) is 23.7 Å². The molecular formula is C19H22Cl2N2O3S. The number of halogens is 2. The lowest BCUT2D eigenvalue weighted by Crippen LogP contribution is -2.32. The lowest BCUT2D eigenvalue weighted by molar-refractivity contribution is -0.121. The second-order valence-electron chi connectivity index (χ2n) is 6.30. The van der Waals surface area contributed by atoms with Crippen LogP contribution in [0.2, 0.25) is 10.0 Å². The molecule has 0 radical (unpaired) electrons.